The maximum absolute atomic E-state index is 13.4. The minimum atomic E-state index is -0.524. The zero-order chi connectivity index (χ0) is 22.0. The Labute approximate surface area is 177 Å². The lowest BCUT2D eigenvalue weighted by Gasteiger charge is -2.15. The van der Waals surface area contributed by atoms with Gasteiger partial charge >= 0.3 is 0 Å². The summed E-state index contributed by atoms with van der Waals surface area (Å²) in [7, 11) is 1.55. The summed E-state index contributed by atoms with van der Waals surface area (Å²) in [5.74, 6) is -1.24. The van der Waals surface area contributed by atoms with Crippen LogP contribution >= 0.6 is 0 Å². The third-order valence-corrected chi connectivity index (χ3v) is 4.91. The van der Waals surface area contributed by atoms with Crippen LogP contribution in [-0.4, -0.2) is 23.8 Å². The van der Waals surface area contributed by atoms with E-state index in [9.17, 15) is 18.4 Å². The van der Waals surface area contributed by atoms with Crippen LogP contribution in [0.4, 0.5) is 14.5 Å². The monoisotopic (exact) mass is 420 g/mol. The van der Waals surface area contributed by atoms with Crippen molar-refractivity contribution in [3.05, 3.63) is 101 Å². The molecule has 3 aromatic carbocycles. The fourth-order valence-electron chi connectivity index (χ4n) is 3.31. The van der Waals surface area contributed by atoms with Gasteiger partial charge < -0.3 is 10.1 Å². The van der Waals surface area contributed by atoms with Gasteiger partial charge in [-0.15, -0.1) is 0 Å². The predicted molar refractivity (Wildman–Crippen MR) is 112 cm³/mol. The van der Waals surface area contributed by atoms with E-state index in [1.807, 2.05) is 0 Å². The minimum Gasteiger partial charge on any atom is -0.497 e. The molecule has 0 saturated heterocycles. The molecule has 3 aromatic rings. The Bertz CT molecular complexity index is 1150. The van der Waals surface area contributed by atoms with E-state index in [1.54, 1.807) is 31.4 Å². The normalized spacial score (nSPS) is 13.7. The highest BCUT2D eigenvalue weighted by Gasteiger charge is 2.39. The van der Waals surface area contributed by atoms with Crippen molar-refractivity contribution >= 4 is 23.1 Å². The number of carbonyl (C=O) groups excluding carboxylic acids is 2. The number of nitrogens with zero attached hydrogens (tertiary/aromatic N) is 1. The molecule has 0 atom stereocenters. The fraction of sp³-hybridized carbons (Fsp3) is 0.0833. The second-order valence-corrected chi connectivity index (χ2v) is 6.93. The number of nitrogens with one attached hydrogen (secondary N) is 1. The molecule has 0 unspecified atom stereocenters. The molecule has 0 spiro atoms. The molecule has 156 valence electrons. The van der Waals surface area contributed by atoms with Crippen molar-refractivity contribution in [2.24, 2.45) is 0 Å². The van der Waals surface area contributed by atoms with Gasteiger partial charge in [-0.05, 0) is 59.7 Å². The van der Waals surface area contributed by atoms with Crippen LogP contribution in [0.5, 0.6) is 5.75 Å². The summed E-state index contributed by atoms with van der Waals surface area (Å²) < 4.78 is 31.8. The Hall–Kier alpha value is -4.00. The number of hydrogen-bond donors (Lipinski definition) is 1. The van der Waals surface area contributed by atoms with Crippen LogP contribution in [0, 0.1) is 11.6 Å². The molecule has 7 heteroatoms. The lowest BCUT2D eigenvalue weighted by molar-refractivity contribution is -0.137. The number of amides is 2. The van der Waals surface area contributed by atoms with Crippen LogP contribution in [0.2, 0.25) is 0 Å². The molecule has 2 amide bonds. The Balaban J connectivity index is 1.70. The van der Waals surface area contributed by atoms with Crippen molar-refractivity contribution in [1.29, 1.82) is 0 Å². The third-order valence-electron chi connectivity index (χ3n) is 4.91. The Kier molecular flexibility index (Phi) is 5.49. The molecule has 0 aliphatic carbocycles. The number of halogens is 2. The summed E-state index contributed by atoms with van der Waals surface area (Å²) in [6, 6.07) is 17.8. The minimum absolute atomic E-state index is 0.0525. The largest absolute Gasteiger partial charge is 0.497 e. The first-order chi connectivity index (χ1) is 15.0. The van der Waals surface area contributed by atoms with Gasteiger partial charge in [-0.2, -0.15) is 0 Å². The molecule has 0 saturated carbocycles. The zero-order valence-corrected chi connectivity index (χ0v) is 16.6. The maximum Gasteiger partial charge on any atom is 0.278 e. The molecule has 1 aliphatic rings. The smallest absolute Gasteiger partial charge is 0.278 e. The summed E-state index contributed by atoms with van der Waals surface area (Å²) in [6.45, 7) is 0.0565. The highest BCUT2D eigenvalue weighted by atomic mass is 19.1. The van der Waals surface area contributed by atoms with Gasteiger partial charge in [-0.1, -0.05) is 24.3 Å². The van der Waals surface area contributed by atoms with Gasteiger partial charge in [0, 0.05) is 5.69 Å². The van der Waals surface area contributed by atoms with Crippen LogP contribution in [0.3, 0.4) is 0 Å². The van der Waals surface area contributed by atoms with Crippen LogP contribution in [0.15, 0.2) is 78.5 Å². The number of rotatable bonds is 6. The van der Waals surface area contributed by atoms with Crippen LogP contribution in [-0.2, 0) is 16.1 Å². The number of ether oxygens (including phenoxy) is 1. The topological polar surface area (TPSA) is 58.6 Å². The zero-order valence-electron chi connectivity index (χ0n) is 16.6. The Morgan fingerprint density at radius 1 is 0.806 bits per heavy atom. The lowest BCUT2D eigenvalue weighted by atomic mass is 10.0. The Morgan fingerprint density at radius 2 is 1.39 bits per heavy atom. The lowest BCUT2D eigenvalue weighted by Crippen LogP contribution is -2.32. The van der Waals surface area contributed by atoms with Crippen LogP contribution in [0.1, 0.15) is 11.1 Å². The number of carbonyl (C=O) groups is 2. The summed E-state index contributed by atoms with van der Waals surface area (Å²) >= 11 is 0. The van der Waals surface area contributed by atoms with Gasteiger partial charge in [-0.25, -0.2) is 8.78 Å². The SMILES string of the molecule is COc1ccc(CN2C(=O)C(Nc3ccc(F)cc3)=C(c3ccc(F)cc3)C2=O)cc1. The van der Waals surface area contributed by atoms with Gasteiger partial charge in [0.05, 0.1) is 19.2 Å². The van der Waals surface area contributed by atoms with E-state index in [4.69, 9.17) is 4.74 Å². The van der Waals surface area contributed by atoms with Gasteiger partial charge in [-0.3, -0.25) is 14.5 Å². The van der Waals surface area contributed by atoms with Crippen molar-refractivity contribution < 1.29 is 23.1 Å². The molecule has 0 radical (unpaired) electrons. The van der Waals surface area contributed by atoms with Crippen molar-refractivity contribution in [2.75, 3.05) is 12.4 Å². The number of hydrogen-bond acceptors (Lipinski definition) is 4. The highest BCUT2D eigenvalue weighted by molar-refractivity contribution is 6.36. The molecule has 4 rings (SSSR count). The fourth-order valence-corrected chi connectivity index (χ4v) is 3.31. The molecule has 0 fully saturated rings. The van der Waals surface area contributed by atoms with Gasteiger partial charge in [0.2, 0.25) is 0 Å². The van der Waals surface area contributed by atoms with E-state index >= 15 is 0 Å². The summed E-state index contributed by atoms with van der Waals surface area (Å²) in [6.07, 6.45) is 0. The quantitative estimate of drug-likeness (QED) is 0.602. The van der Waals surface area contributed by atoms with E-state index in [1.165, 1.54) is 48.5 Å². The molecular weight excluding hydrogens is 402 g/mol. The molecule has 1 aliphatic heterocycles. The molecule has 31 heavy (non-hydrogen) atoms. The summed E-state index contributed by atoms with van der Waals surface area (Å²) in [4.78, 5) is 27.5. The number of methoxy groups -OCH3 is 1. The first-order valence-corrected chi connectivity index (χ1v) is 9.48. The molecule has 0 aromatic heterocycles. The Morgan fingerprint density at radius 3 is 1.97 bits per heavy atom. The van der Waals surface area contributed by atoms with Gasteiger partial charge in [0.1, 0.15) is 23.1 Å². The van der Waals surface area contributed by atoms with E-state index in [0.29, 0.717) is 17.0 Å². The van der Waals surface area contributed by atoms with Crippen molar-refractivity contribution in [2.45, 2.75) is 6.54 Å². The maximum atomic E-state index is 13.4. The average Bonchev–Trinajstić information content (AvgIpc) is 3.01. The van der Waals surface area contributed by atoms with Crippen LogP contribution in [0.25, 0.3) is 5.57 Å². The molecular formula is C24H18F2N2O3. The molecule has 0 bridgehead atoms. The summed E-state index contributed by atoms with van der Waals surface area (Å²) in [5, 5.41) is 2.93. The molecule has 1 N–H and O–H groups in total. The summed E-state index contributed by atoms with van der Waals surface area (Å²) in [5.41, 5.74) is 1.77. The van der Waals surface area contributed by atoms with E-state index in [2.05, 4.69) is 5.32 Å². The standard InChI is InChI=1S/C24H18F2N2O3/c1-31-20-12-2-15(3-13-20)14-28-23(29)21(16-4-6-17(25)7-5-16)22(24(28)30)27-19-10-8-18(26)9-11-19/h2-13,27H,14H2,1H3. The van der Waals surface area contributed by atoms with Gasteiger partial charge in [0.15, 0.2) is 0 Å². The molecule has 5 nitrogen and oxygen atoms in total. The van der Waals surface area contributed by atoms with Crippen molar-refractivity contribution in [1.82, 2.24) is 4.90 Å². The van der Waals surface area contributed by atoms with Crippen molar-refractivity contribution in [3.63, 3.8) is 0 Å². The number of anilines is 1. The second-order valence-electron chi connectivity index (χ2n) is 6.93. The first kappa shape index (κ1) is 20.3. The van der Waals surface area contributed by atoms with E-state index in [0.717, 1.165) is 10.5 Å². The highest BCUT2D eigenvalue weighted by Crippen LogP contribution is 2.32. The van der Waals surface area contributed by atoms with E-state index < -0.39 is 23.4 Å². The number of imide groups is 1. The number of benzene rings is 3. The van der Waals surface area contributed by atoms with Crippen LogP contribution < -0.4 is 10.1 Å². The van der Waals surface area contributed by atoms with Gasteiger partial charge in [0.25, 0.3) is 11.8 Å². The molecule has 1 heterocycles. The van der Waals surface area contributed by atoms with E-state index in [-0.39, 0.29) is 17.8 Å². The third kappa shape index (κ3) is 4.16. The first-order valence-electron chi connectivity index (χ1n) is 9.48. The second kappa shape index (κ2) is 8.39. The predicted octanol–water partition coefficient (Wildman–Crippen LogP) is 4.37. The average molecular weight is 420 g/mol. The van der Waals surface area contributed by atoms with Crippen molar-refractivity contribution in [3.8, 4) is 5.75 Å².